The maximum atomic E-state index is 11.8. The van der Waals surface area contributed by atoms with Crippen molar-refractivity contribution in [1.82, 2.24) is 0 Å². The second kappa shape index (κ2) is 4.49. The second-order valence-corrected chi connectivity index (χ2v) is 5.01. The molecular weight excluding hydrogens is 286 g/mol. The molecule has 1 amide bonds. The minimum absolute atomic E-state index is 0.219. The van der Waals surface area contributed by atoms with Gasteiger partial charge in [-0.15, -0.1) is 0 Å². The number of hydrogen-bond acceptors (Lipinski definition) is 2. The molecule has 1 aliphatic rings. The van der Waals surface area contributed by atoms with Crippen LogP contribution in [-0.4, -0.2) is 17.0 Å². The molecule has 1 fully saturated rings. The lowest BCUT2D eigenvalue weighted by Crippen LogP contribution is -2.17. The number of aryl methyl sites for hydroxylation is 1. The van der Waals surface area contributed by atoms with Crippen molar-refractivity contribution in [1.29, 1.82) is 0 Å². The first-order valence-electron chi connectivity index (χ1n) is 5.29. The lowest BCUT2D eigenvalue weighted by Gasteiger charge is -2.08. The van der Waals surface area contributed by atoms with Gasteiger partial charge in [-0.05, 0) is 40.9 Å². The molecule has 90 valence electrons. The van der Waals surface area contributed by atoms with Crippen molar-refractivity contribution in [2.75, 3.05) is 5.32 Å². The SMILES string of the molecule is Cc1cccc(NC(=O)C2CC2C(=O)O)c1Br. The van der Waals surface area contributed by atoms with Crippen molar-refractivity contribution in [2.24, 2.45) is 11.8 Å². The molecule has 0 spiro atoms. The number of aliphatic carboxylic acids is 1. The van der Waals surface area contributed by atoms with Crippen LogP contribution in [0.2, 0.25) is 0 Å². The summed E-state index contributed by atoms with van der Waals surface area (Å²) in [5.74, 6) is -2.02. The van der Waals surface area contributed by atoms with Crippen LogP contribution < -0.4 is 5.32 Å². The molecule has 0 saturated heterocycles. The Morgan fingerprint density at radius 1 is 1.41 bits per heavy atom. The van der Waals surface area contributed by atoms with E-state index in [-0.39, 0.29) is 11.8 Å². The highest BCUT2D eigenvalue weighted by atomic mass is 79.9. The number of carboxylic acids is 1. The van der Waals surface area contributed by atoms with Crippen LogP contribution in [0.4, 0.5) is 5.69 Å². The number of carbonyl (C=O) groups excluding carboxylic acids is 1. The van der Waals surface area contributed by atoms with E-state index < -0.39 is 11.9 Å². The molecule has 2 N–H and O–H groups in total. The molecule has 0 heterocycles. The summed E-state index contributed by atoms with van der Waals surface area (Å²) in [6.07, 6.45) is 0.435. The van der Waals surface area contributed by atoms with Gasteiger partial charge in [-0.3, -0.25) is 9.59 Å². The highest BCUT2D eigenvalue weighted by Crippen LogP contribution is 2.40. The zero-order valence-electron chi connectivity index (χ0n) is 9.24. The predicted octanol–water partition coefficient (Wildman–Crippen LogP) is 2.42. The molecule has 17 heavy (non-hydrogen) atoms. The summed E-state index contributed by atoms with van der Waals surface area (Å²) < 4.78 is 0.834. The fourth-order valence-corrected chi connectivity index (χ4v) is 2.09. The first-order chi connectivity index (χ1) is 8.00. The van der Waals surface area contributed by atoms with E-state index in [0.717, 1.165) is 10.0 Å². The van der Waals surface area contributed by atoms with Gasteiger partial charge in [0.25, 0.3) is 0 Å². The Labute approximate surface area is 107 Å². The van der Waals surface area contributed by atoms with Crippen LogP contribution in [0.5, 0.6) is 0 Å². The number of carbonyl (C=O) groups is 2. The van der Waals surface area contributed by atoms with Crippen molar-refractivity contribution < 1.29 is 14.7 Å². The van der Waals surface area contributed by atoms with Gasteiger partial charge in [-0.1, -0.05) is 12.1 Å². The summed E-state index contributed by atoms with van der Waals surface area (Å²) in [5, 5.41) is 11.5. The van der Waals surface area contributed by atoms with Gasteiger partial charge in [0.15, 0.2) is 0 Å². The van der Waals surface area contributed by atoms with E-state index in [9.17, 15) is 9.59 Å². The standard InChI is InChI=1S/C12H12BrNO3/c1-6-3-2-4-9(10(6)13)14-11(15)7-5-8(7)12(16)17/h2-4,7-8H,5H2,1H3,(H,14,15)(H,16,17). The fraction of sp³-hybridized carbons (Fsp3) is 0.333. The number of halogens is 1. The van der Waals surface area contributed by atoms with Crippen molar-refractivity contribution in [3.05, 3.63) is 28.2 Å². The second-order valence-electron chi connectivity index (χ2n) is 4.21. The molecule has 1 aliphatic carbocycles. The maximum Gasteiger partial charge on any atom is 0.307 e. The smallest absolute Gasteiger partial charge is 0.307 e. The van der Waals surface area contributed by atoms with Gasteiger partial charge in [0.2, 0.25) is 5.91 Å². The fourth-order valence-electron chi connectivity index (χ4n) is 1.73. The Kier molecular flexibility index (Phi) is 3.19. The van der Waals surface area contributed by atoms with Gasteiger partial charge in [0.05, 0.1) is 17.5 Å². The zero-order chi connectivity index (χ0) is 12.6. The van der Waals surface area contributed by atoms with Crippen molar-refractivity contribution in [2.45, 2.75) is 13.3 Å². The van der Waals surface area contributed by atoms with Crippen LogP contribution in [0.3, 0.4) is 0 Å². The van der Waals surface area contributed by atoms with E-state index in [1.165, 1.54) is 0 Å². The van der Waals surface area contributed by atoms with Crippen LogP contribution in [-0.2, 0) is 9.59 Å². The molecular formula is C12H12BrNO3. The molecule has 0 aromatic heterocycles. The van der Waals surface area contributed by atoms with Gasteiger partial charge in [-0.2, -0.15) is 0 Å². The summed E-state index contributed by atoms with van der Waals surface area (Å²) in [6, 6.07) is 5.56. The number of anilines is 1. The Morgan fingerprint density at radius 3 is 2.71 bits per heavy atom. The molecule has 1 aromatic carbocycles. The third-order valence-electron chi connectivity index (χ3n) is 2.89. The number of hydrogen-bond donors (Lipinski definition) is 2. The number of carboxylic acid groups (broad SMARTS) is 1. The predicted molar refractivity (Wildman–Crippen MR) is 66.7 cm³/mol. The van der Waals surface area contributed by atoms with E-state index in [1.54, 1.807) is 6.07 Å². The first kappa shape index (κ1) is 12.1. The largest absolute Gasteiger partial charge is 0.481 e. The lowest BCUT2D eigenvalue weighted by molar-refractivity contribution is -0.139. The third kappa shape index (κ3) is 2.49. The third-order valence-corrected chi connectivity index (χ3v) is 3.95. The molecule has 5 heteroatoms. The molecule has 2 rings (SSSR count). The monoisotopic (exact) mass is 297 g/mol. The Bertz CT molecular complexity index is 487. The van der Waals surface area contributed by atoms with E-state index in [0.29, 0.717) is 12.1 Å². The molecule has 0 radical (unpaired) electrons. The quantitative estimate of drug-likeness (QED) is 0.900. The minimum atomic E-state index is -0.895. The summed E-state index contributed by atoms with van der Waals surface area (Å²) in [4.78, 5) is 22.4. The van der Waals surface area contributed by atoms with Crippen LogP contribution in [0.1, 0.15) is 12.0 Å². The highest BCUT2D eigenvalue weighted by molar-refractivity contribution is 9.10. The van der Waals surface area contributed by atoms with Crippen LogP contribution in [0.25, 0.3) is 0 Å². The number of benzene rings is 1. The van der Waals surface area contributed by atoms with Crippen LogP contribution in [0, 0.1) is 18.8 Å². The topological polar surface area (TPSA) is 66.4 Å². The number of rotatable bonds is 3. The molecule has 2 atom stereocenters. The van der Waals surface area contributed by atoms with Gasteiger partial charge in [0, 0.05) is 4.47 Å². The Hall–Kier alpha value is -1.36. The average molecular weight is 298 g/mol. The van der Waals surface area contributed by atoms with E-state index in [2.05, 4.69) is 21.2 Å². The molecule has 0 bridgehead atoms. The normalized spacial score (nSPS) is 22.0. The van der Waals surface area contributed by atoms with Crippen LogP contribution in [0.15, 0.2) is 22.7 Å². The van der Waals surface area contributed by atoms with Crippen molar-refractivity contribution in [3.63, 3.8) is 0 Å². The molecule has 4 nitrogen and oxygen atoms in total. The highest BCUT2D eigenvalue weighted by Gasteiger charge is 2.48. The summed E-state index contributed by atoms with van der Waals surface area (Å²) in [6.45, 7) is 1.93. The molecule has 2 unspecified atom stereocenters. The average Bonchev–Trinajstić information content (AvgIpc) is 3.04. The lowest BCUT2D eigenvalue weighted by atomic mass is 10.2. The molecule has 1 aromatic rings. The van der Waals surface area contributed by atoms with Crippen molar-refractivity contribution >= 4 is 33.5 Å². The van der Waals surface area contributed by atoms with Gasteiger partial charge in [-0.25, -0.2) is 0 Å². The van der Waals surface area contributed by atoms with E-state index in [4.69, 9.17) is 5.11 Å². The summed E-state index contributed by atoms with van der Waals surface area (Å²) in [7, 11) is 0. The minimum Gasteiger partial charge on any atom is -0.481 e. The van der Waals surface area contributed by atoms with E-state index >= 15 is 0 Å². The Morgan fingerprint density at radius 2 is 2.12 bits per heavy atom. The summed E-state index contributed by atoms with van der Waals surface area (Å²) in [5.41, 5.74) is 1.71. The number of amides is 1. The van der Waals surface area contributed by atoms with Crippen LogP contribution >= 0.6 is 15.9 Å². The maximum absolute atomic E-state index is 11.8. The summed E-state index contributed by atoms with van der Waals surface area (Å²) >= 11 is 3.39. The van der Waals surface area contributed by atoms with Gasteiger partial charge < -0.3 is 10.4 Å². The zero-order valence-corrected chi connectivity index (χ0v) is 10.8. The number of nitrogens with one attached hydrogen (secondary N) is 1. The molecule has 0 aliphatic heterocycles. The van der Waals surface area contributed by atoms with E-state index in [1.807, 2.05) is 19.1 Å². The first-order valence-corrected chi connectivity index (χ1v) is 6.09. The van der Waals surface area contributed by atoms with Gasteiger partial charge in [0.1, 0.15) is 0 Å². The van der Waals surface area contributed by atoms with Gasteiger partial charge >= 0.3 is 5.97 Å². The molecule has 1 saturated carbocycles. The van der Waals surface area contributed by atoms with Crippen molar-refractivity contribution in [3.8, 4) is 0 Å². The Balaban J connectivity index is 2.05.